The molecule has 1 N–H and O–H groups in total. The van der Waals surface area contributed by atoms with E-state index in [0.717, 1.165) is 0 Å². The second kappa shape index (κ2) is 5.25. The van der Waals surface area contributed by atoms with Crippen LogP contribution in [-0.4, -0.2) is 17.9 Å². The van der Waals surface area contributed by atoms with Crippen LogP contribution >= 0.6 is 0 Å². The van der Waals surface area contributed by atoms with Gasteiger partial charge in [0, 0.05) is 6.92 Å². The minimum atomic E-state index is -1.39. The van der Waals surface area contributed by atoms with E-state index in [-0.39, 0.29) is 6.42 Å². The number of aliphatic carboxylic acids is 1. The molecule has 0 heterocycles. The largest absolute Gasteiger partial charge is 0.548 e. The van der Waals surface area contributed by atoms with Crippen LogP contribution in [0.4, 0.5) is 4.39 Å². The minimum absolute atomic E-state index is 0.000324. The molecule has 5 heteroatoms. The Balaban J connectivity index is 2.75. The van der Waals surface area contributed by atoms with Crippen molar-refractivity contribution in [3.63, 3.8) is 0 Å². The summed E-state index contributed by atoms with van der Waals surface area (Å²) in [7, 11) is 0. The fourth-order valence-electron chi connectivity index (χ4n) is 1.34. The number of nitrogens with one attached hydrogen (secondary N) is 1. The normalized spacial score (nSPS) is 11.9. The maximum atomic E-state index is 12.8. The Hall–Kier alpha value is -1.91. The number of benzene rings is 1. The number of carbonyl (C=O) groups is 2. The summed E-state index contributed by atoms with van der Waals surface area (Å²) in [6, 6.07) is 4.40. The number of halogens is 1. The molecule has 1 aromatic rings. The van der Waals surface area contributed by atoms with E-state index in [2.05, 4.69) is 5.32 Å². The molecular weight excluding hydrogens is 213 g/mol. The third kappa shape index (κ3) is 3.68. The highest BCUT2D eigenvalue weighted by Crippen LogP contribution is 2.06. The van der Waals surface area contributed by atoms with Crippen LogP contribution in [0.2, 0.25) is 0 Å². The van der Waals surface area contributed by atoms with Gasteiger partial charge in [-0.25, -0.2) is 4.39 Å². The third-order valence-corrected chi connectivity index (χ3v) is 1.99. The van der Waals surface area contributed by atoms with E-state index >= 15 is 0 Å². The highest BCUT2D eigenvalue weighted by Gasteiger charge is 2.12. The van der Waals surface area contributed by atoms with Crippen LogP contribution in [0.1, 0.15) is 12.5 Å². The highest BCUT2D eigenvalue weighted by atomic mass is 19.1. The molecule has 0 fully saturated rings. The Morgan fingerprint density at radius 1 is 1.50 bits per heavy atom. The maximum absolute atomic E-state index is 12.8. The Labute approximate surface area is 92.1 Å². The van der Waals surface area contributed by atoms with Crippen molar-refractivity contribution in [2.24, 2.45) is 0 Å². The molecule has 4 nitrogen and oxygen atoms in total. The van der Waals surface area contributed by atoms with Crippen molar-refractivity contribution in [2.45, 2.75) is 19.4 Å². The van der Waals surface area contributed by atoms with Gasteiger partial charge in [0.15, 0.2) is 0 Å². The lowest BCUT2D eigenvalue weighted by Crippen LogP contribution is -2.48. The fourth-order valence-corrected chi connectivity index (χ4v) is 1.34. The maximum Gasteiger partial charge on any atom is 0.217 e. The highest BCUT2D eigenvalue weighted by molar-refractivity contribution is 5.81. The second-order valence-electron chi connectivity index (χ2n) is 3.41. The number of carboxylic acid groups (broad SMARTS) is 1. The summed E-state index contributed by atoms with van der Waals surface area (Å²) >= 11 is 0. The number of hydrogen-bond donors (Lipinski definition) is 1. The van der Waals surface area contributed by atoms with Crippen molar-refractivity contribution < 1.29 is 19.1 Å². The van der Waals surface area contributed by atoms with Gasteiger partial charge in [0.1, 0.15) is 5.82 Å². The quantitative estimate of drug-likeness (QED) is 0.758. The first-order valence-corrected chi connectivity index (χ1v) is 4.71. The SMILES string of the molecule is CC(=O)NC(Cc1cccc(F)c1)C(=O)[O-]. The van der Waals surface area contributed by atoms with Crippen molar-refractivity contribution >= 4 is 11.9 Å². The van der Waals surface area contributed by atoms with E-state index in [1.807, 2.05) is 0 Å². The van der Waals surface area contributed by atoms with Gasteiger partial charge in [0.05, 0.1) is 12.0 Å². The summed E-state index contributed by atoms with van der Waals surface area (Å²) in [4.78, 5) is 21.4. The first-order chi connectivity index (χ1) is 7.49. The number of carbonyl (C=O) groups excluding carboxylic acids is 2. The van der Waals surface area contributed by atoms with Crippen molar-refractivity contribution in [2.75, 3.05) is 0 Å². The molecule has 0 saturated carbocycles. The zero-order valence-corrected chi connectivity index (χ0v) is 8.70. The van der Waals surface area contributed by atoms with E-state index in [1.54, 1.807) is 6.07 Å². The van der Waals surface area contributed by atoms with Crippen LogP contribution in [0.25, 0.3) is 0 Å². The molecule has 16 heavy (non-hydrogen) atoms. The van der Waals surface area contributed by atoms with E-state index in [0.29, 0.717) is 5.56 Å². The Bertz CT molecular complexity index is 406. The van der Waals surface area contributed by atoms with Crippen LogP contribution in [0.3, 0.4) is 0 Å². The molecule has 0 aliphatic carbocycles. The average Bonchev–Trinajstić information content (AvgIpc) is 2.15. The standard InChI is InChI=1S/C11H12FNO3/c1-7(14)13-10(11(15)16)6-8-3-2-4-9(12)5-8/h2-5,10H,6H2,1H3,(H,13,14)(H,15,16)/p-1. The lowest BCUT2D eigenvalue weighted by molar-refractivity contribution is -0.308. The van der Waals surface area contributed by atoms with Gasteiger partial charge in [-0.15, -0.1) is 0 Å². The first kappa shape index (κ1) is 12.2. The fraction of sp³-hybridized carbons (Fsp3) is 0.273. The summed E-state index contributed by atoms with van der Waals surface area (Å²) in [5.74, 6) is -2.30. The molecule has 1 atom stereocenters. The van der Waals surface area contributed by atoms with Crippen molar-refractivity contribution in [1.29, 1.82) is 0 Å². The summed E-state index contributed by atoms with van der Waals surface area (Å²) < 4.78 is 12.8. The number of hydrogen-bond acceptors (Lipinski definition) is 3. The van der Waals surface area contributed by atoms with Crippen LogP contribution < -0.4 is 10.4 Å². The molecule has 0 saturated heterocycles. The summed E-state index contributed by atoms with van der Waals surface area (Å²) in [5.41, 5.74) is 0.489. The van der Waals surface area contributed by atoms with Crippen LogP contribution in [-0.2, 0) is 16.0 Å². The van der Waals surface area contributed by atoms with E-state index in [4.69, 9.17) is 0 Å². The zero-order valence-electron chi connectivity index (χ0n) is 8.70. The summed E-state index contributed by atoms with van der Waals surface area (Å²) in [6.07, 6.45) is -0.000324. The van der Waals surface area contributed by atoms with Gasteiger partial charge < -0.3 is 15.2 Å². The van der Waals surface area contributed by atoms with Gasteiger partial charge >= 0.3 is 0 Å². The smallest absolute Gasteiger partial charge is 0.217 e. The summed E-state index contributed by atoms with van der Waals surface area (Å²) in [5, 5.41) is 12.9. The number of rotatable bonds is 4. The number of amides is 1. The van der Waals surface area contributed by atoms with Crippen molar-refractivity contribution in [1.82, 2.24) is 5.32 Å². The van der Waals surface area contributed by atoms with E-state index in [9.17, 15) is 19.1 Å². The first-order valence-electron chi connectivity index (χ1n) is 4.71. The Morgan fingerprint density at radius 2 is 2.19 bits per heavy atom. The Kier molecular flexibility index (Phi) is 3.99. The predicted molar refractivity (Wildman–Crippen MR) is 52.7 cm³/mol. The van der Waals surface area contributed by atoms with Crippen molar-refractivity contribution in [3.05, 3.63) is 35.6 Å². The van der Waals surface area contributed by atoms with E-state index in [1.165, 1.54) is 25.1 Å². The van der Waals surface area contributed by atoms with Gasteiger partial charge in [-0.1, -0.05) is 12.1 Å². The second-order valence-corrected chi connectivity index (χ2v) is 3.41. The molecule has 1 unspecified atom stereocenters. The van der Waals surface area contributed by atoms with E-state index < -0.39 is 23.7 Å². The molecule has 1 amide bonds. The molecule has 0 aliphatic rings. The zero-order chi connectivity index (χ0) is 12.1. The summed E-state index contributed by atoms with van der Waals surface area (Å²) in [6.45, 7) is 1.21. The Morgan fingerprint density at radius 3 is 2.69 bits per heavy atom. The molecule has 0 radical (unpaired) electrons. The lowest BCUT2D eigenvalue weighted by Gasteiger charge is -2.18. The van der Waals surface area contributed by atoms with Gasteiger partial charge in [-0.05, 0) is 24.1 Å². The lowest BCUT2D eigenvalue weighted by atomic mass is 10.1. The molecule has 0 aliphatic heterocycles. The predicted octanol–water partition coefficient (Wildman–Crippen LogP) is -0.377. The number of carboxylic acids is 1. The molecular formula is C11H11FNO3-. The van der Waals surface area contributed by atoms with Crippen LogP contribution in [0.15, 0.2) is 24.3 Å². The minimum Gasteiger partial charge on any atom is -0.548 e. The monoisotopic (exact) mass is 224 g/mol. The molecule has 86 valence electrons. The molecule has 1 aromatic carbocycles. The molecule has 1 rings (SSSR count). The topological polar surface area (TPSA) is 69.2 Å². The average molecular weight is 224 g/mol. The van der Waals surface area contributed by atoms with Gasteiger partial charge in [-0.2, -0.15) is 0 Å². The van der Waals surface area contributed by atoms with Gasteiger partial charge in [0.25, 0.3) is 0 Å². The van der Waals surface area contributed by atoms with Gasteiger partial charge in [0.2, 0.25) is 5.91 Å². The van der Waals surface area contributed by atoms with Crippen molar-refractivity contribution in [3.8, 4) is 0 Å². The van der Waals surface area contributed by atoms with Crippen LogP contribution in [0, 0.1) is 5.82 Å². The molecule has 0 spiro atoms. The van der Waals surface area contributed by atoms with Crippen LogP contribution in [0.5, 0.6) is 0 Å². The van der Waals surface area contributed by atoms with Gasteiger partial charge in [-0.3, -0.25) is 4.79 Å². The molecule has 0 aromatic heterocycles. The third-order valence-electron chi connectivity index (χ3n) is 1.99. The molecule has 0 bridgehead atoms.